The lowest BCUT2D eigenvalue weighted by molar-refractivity contribution is -0.00335. The number of carbonyl (C=O) groups excluding carboxylic acids is 2. The molecule has 0 saturated heterocycles. The van der Waals surface area contributed by atoms with Gasteiger partial charge in [0.2, 0.25) is 7.98 Å². The number of hydroxylamine groups is 1. The van der Waals surface area contributed by atoms with Gasteiger partial charge < -0.3 is 15.4 Å². The van der Waals surface area contributed by atoms with Gasteiger partial charge in [0.1, 0.15) is 5.69 Å². The van der Waals surface area contributed by atoms with Gasteiger partial charge in [-0.15, -0.1) is 0 Å². The first-order chi connectivity index (χ1) is 12.5. The van der Waals surface area contributed by atoms with Crippen LogP contribution in [0.3, 0.4) is 0 Å². The largest absolute Gasteiger partial charge is 0.354 e. The molecule has 0 unspecified atom stereocenters. The van der Waals surface area contributed by atoms with Crippen LogP contribution in [0, 0.1) is 0 Å². The van der Waals surface area contributed by atoms with E-state index in [2.05, 4.69) is 15.5 Å². The molecular weight excluding hydrogens is 333 g/mol. The van der Waals surface area contributed by atoms with Crippen LogP contribution in [-0.4, -0.2) is 53.8 Å². The van der Waals surface area contributed by atoms with Gasteiger partial charge in [0.05, 0.1) is 0 Å². The van der Waals surface area contributed by atoms with Crippen LogP contribution in [0.5, 0.6) is 0 Å². The molecule has 2 radical (unpaired) electrons. The van der Waals surface area contributed by atoms with Crippen molar-refractivity contribution in [3.63, 3.8) is 0 Å². The predicted molar refractivity (Wildman–Crippen MR) is 98.2 cm³/mol. The third-order valence-electron chi connectivity index (χ3n) is 3.92. The lowest BCUT2D eigenvalue weighted by Gasteiger charge is -2.27. The van der Waals surface area contributed by atoms with Crippen LogP contribution in [0.25, 0.3) is 0 Å². The van der Waals surface area contributed by atoms with E-state index in [-0.39, 0.29) is 24.1 Å². The minimum Gasteiger partial charge on any atom is -0.354 e. The zero-order chi connectivity index (χ0) is 19.3. The van der Waals surface area contributed by atoms with Gasteiger partial charge in [0.25, 0.3) is 11.8 Å². The minimum atomic E-state index is -0.318. The van der Waals surface area contributed by atoms with E-state index in [0.29, 0.717) is 34.9 Å². The zero-order valence-electron chi connectivity index (χ0n) is 15.1. The maximum Gasteiger partial charge on any atom is 0.276 e. The van der Waals surface area contributed by atoms with E-state index in [1.54, 1.807) is 29.2 Å². The van der Waals surface area contributed by atoms with Gasteiger partial charge in [-0.1, -0.05) is 26.0 Å². The fraction of sp³-hybridized carbons (Fsp3) is 0.353. The number of nitrogens with one attached hydrogen (secondary N) is 2. The summed E-state index contributed by atoms with van der Waals surface area (Å²) in [5.74, 6) is -0.564. The van der Waals surface area contributed by atoms with Gasteiger partial charge in [0.15, 0.2) is 5.69 Å². The van der Waals surface area contributed by atoms with Crippen LogP contribution >= 0.6 is 0 Å². The van der Waals surface area contributed by atoms with E-state index >= 15 is 0 Å². The second-order valence-corrected chi connectivity index (χ2v) is 5.48. The van der Waals surface area contributed by atoms with Crippen molar-refractivity contribution in [3.05, 3.63) is 46.8 Å². The van der Waals surface area contributed by atoms with Crippen molar-refractivity contribution >= 4 is 25.5 Å². The summed E-state index contributed by atoms with van der Waals surface area (Å²) in [5.41, 5.74) is 2.68. The van der Waals surface area contributed by atoms with Crippen molar-refractivity contribution in [3.8, 4) is 0 Å². The van der Waals surface area contributed by atoms with Gasteiger partial charge in [-0.05, 0) is 24.1 Å². The molecule has 2 amide bonds. The van der Waals surface area contributed by atoms with Gasteiger partial charge >= 0.3 is 0 Å². The van der Waals surface area contributed by atoms with Gasteiger partial charge in [-0.2, -0.15) is 5.10 Å². The number of benzene rings is 1. The standard InChI is InChI=1S/C15H16BN5O3.C2H6/c1-17-14(22)12-11-5-6-20(15(23)13(11)19-18-12)10-4-2-3-9(7-10)8-21(16)24;1-2/h2-4,7,24H,5-6,8H2,1H3,(H,17,22)(H,18,19);1-2H3. The van der Waals surface area contributed by atoms with Crippen LogP contribution in [0.15, 0.2) is 24.3 Å². The topological polar surface area (TPSA) is 102 Å². The van der Waals surface area contributed by atoms with Gasteiger partial charge in [-0.25, -0.2) is 4.97 Å². The number of nitrogens with zero attached hydrogens (tertiary/aromatic N) is 3. The lowest BCUT2D eigenvalue weighted by atomic mass is 10.0. The van der Waals surface area contributed by atoms with Crippen molar-refractivity contribution in [1.82, 2.24) is 20.5 Å². The minimum absolute atomic E-state index is 0.145. The molecule has 1 aromatic heterocycles. The smallest absolute Gasteiger partial charge is 0.276 e. The number of anilines is 1. The molecule has 1 aromatic carbocycles. The summed E-state index contributed by atoms with van der Waals surface area (Å²) < 4.78 is 0. The second kappa shape index (κ2) is 8.64. The predicted octanol–water partition coefficient (Wildman–Crippen LogP) is 1.27. The van der Waals surface area contributed by atoms with E-state index in [1.807, 2.05) is 13.8 Å². The van der Waals surface area contributed by atoms with E-state index < -0.39 is 0 Å². The average molecular weight is 355 g/mol. The molecule has 8 nitrogen and oxygen atoms in total. The first-order valence-corrected chi connectivity index (χ1v) is 8.42. The van der Waals surface area contributed by atoms with Crippen molar-refractivity contribution in [1.29, 1.82) is 0 Å². The highest BCUT2D eigenvalue weighted by Crippen LogP contribution is 2.26. The number of amides is 2. The summed E-state index contributed by atoms with van der Waals surface area (Å²) in [6, 6.07) is 7.19. The number of rotatable bonds is 4. The van der Waals surface area contributed by atoms with E-state index in [0.717, 1.165) is 5.56 Å². The molecule has 26 heavy (non-hydrogen) atoms. The van der Waals surface area contributed by atoms with Crippen LogP contribution in [-0.2, 0) is 13.0 Å². The fourth-order valence-corrected chi connectivity index (χ4v) is 2.81. The fourth-order valence-electron chi connectivity index (χ4n) is 2.81. The Hall–Kier alpha value is -2.65. The first-order valence-electron chi connectivity index (χ1n) is 8.42. The molecule has 136 valence electrons. The van der Waals surface area contributed by atoms with Crippen molar-refractivity contribution in [2.45, 2.75) is 26.8 Å². The van der Waals surface area contributed by atoms with Crippen LogP contribution in [0.4, 0.5) is 5.69 Å². The summed E-state index contributed by atoms with van der Waals surface area (Å²) >= 11 is 0. The number of hydrogen-bond donors (Lipinski definition) is 3. The van der Waals surface area contributed by atoms with Crippen molar-refractivity contribution in [2.75, 3.05) is 18.5 Å². The Balaban J connectivity index is 0.00000117. The number of fused-ring (bicyclic) bond motifs is 1. The molecule has 0 atom stereocenters. The molecule has 2 heterocycles. The number of aromatic amines is 1. The Morgan fingerprint density at radius 1 is 1.46 bits per heavy atom. The van der Waals surface area contributed by atoms with Crippen molar-refractivity contribution in [2.24, 2.45) is 0 Å². The Labute approximate surface area is 153 Å². The van der Waals surface area contributed by atoms with Gasteiger partial charge in [-0.3, -0.25) is 14.7 Å². The van der Waals surface area contributed by atoms with Crippen LogP contribution < -0.4 is 10.2 Å². The molecule has 2 aromatic rings. The Morgan fingerprint density at radius 3 is 2.85 bits per heavy atom. The molecule has 0 bridgehead atoms. The Bertz CT molecular complexity index is 790. The first kappa shape index (κ1) is 19.7. The molecule has 3 N–H and O–H groups in total. The summed E-state index contributed by atoms with van der Waals surface area (Å²) in [6.45, 7) is 4.58. The normalized spacial score (nSPS) is 13.1. The lowest BCUT2D eigenvalue weighted by Crippen LogP contribution is -2.38. The van der Waals surface area contributed by atoms with Crippen molar-refractivity contribution < 1.29 is 14.8 Å². The highest BCUT2D eigenvalue weighted by Gasteiger charge is 2.31. The Morgan fingerprint density at radius 2 is 2.19 bits per heavy atom. The number of H-pyrrole nitrogens is 1. The highest BCUT2D eigenvalue weighted by atomic mass is 16.5. The quantitative estimate of drug-likeness (QED) is 0.566. The number of aromatic nitrogens is 2. The molecule has 9 heteroatoms. The molecular formula is C17H22BN5O3. The summed E-state index contributed by atoms with van der Waals surface area (Å²) in [5, 5.41) is 18.3. The van der Waals surface area contributed by atoms with Gasteiger partial charge in [0, 0.05) is 31.4 Å². The number of hydrogen-bond acceptors (Lipinski definition) is 5. The molecule has 0 spiro atoms. The summed E-state index contributed by atoms with van der Waals surface area (Å²) in [6.07, 6.45) is 0.521. The summed E-state index contributed by atoms with van der Waals surface area (Å²) in [4.78, 5) is 26.7. The van der Waals surface area contributed by atoms with Crippen LogP contribution in [0.2, 0.25) is 0 Å². The number of carbonyl (C=O) groups is 2. The third-order valence-corrected chi connectivity index (χ3v) is 3.92. The monoisotopic (exact) mass is 355 g/mol. The molecule has 1 aliphatic heterocycles. The van der Waals surface area contributed by atoms with E-state index in [1.165, 1.54) is 7.05 Å². The highest BCUT2D eigenvalue weighted by molar-refractivity contribution is 6.09. The zero-order valence-corrected chi connectivity index (χ0v) is 15.1. The molecule has 0 aliphatic carbocycles. The Kier molecular flexibility index (Phi) is 6.54. The van der Waals surface area contributed by atoms with E-state index in [4.69, 9.17) is 13.2 Å². The molecule has 1 aliphatic rings. The third kappa shape index (κ3) is 3.95. The second-order valence-electron chi connectivity index (χ2n) is 5.48. The maximum atomic E-state index is 12.7. The molecule has 0 fully saturated rings. The summed E-state index contributed by atoms with van der Waals surface area (Å²) in [7, 11) is 6.77. The maximum absolute atomic E-state index is 12.7. The van der Waals surface area contributed by atoms with Crippen LogP contribution in [0.1, 0.15) is 46.0 Å². The molecule has 0 saturated carbocycles. The van der Waals surface area contributed by atoms with E-state index in [9.17, 15) is 9.59 Å². The SMILES string of the molecule is CC.[B]N(O)Cc1cccc(N2CCc3c(C(=O)NC)n[nH]c3C2=O)c1. The average Bonchev–Trinajstić information content (AvgIpc) is 3.08. The molecule has 3 rings (SSSR count).